The Balaban J connectivity index is 1.91. The highest BCUT2D eigenvalue weighted by Gasteiger charge is 2.27. The first-order valence-electron chi connectivity index (χ1n) is 9.08. The van der Waals surface area contributed by atoms with Crippen molar-refractivity contribution in [3.63, 3.8) is 0 Å². The van der Waals surface area contributed by atoms with Gasteiger partial charge in [0.05, 0.1) is 29.2 Å². The van der Waals surface area contributed by atoms with Crippen molar-refractivity contribution in [2.24, 2.45) is 0 Å². The average molecular weight is 406 g/mol. The van der Waals surface area contributed by atoms with Gasteiger partial charge in [-0.25, -0.2) is 13.2 Å². The summed E-state index contributed by atoms with van der Waals surface area (Å²) >= 11 is 0. The third kappa shape index (κ3) is 4.98. The monoisotopic (exact) mass is 406 g/mol. The second kappa shape index (κ2) is 8.85. The van der Waals surface area contributed by atoms with Crippen LogP contribution in [0.25, 0.3) is 0 Å². The Hall–Kier alpha value is -3.23. The van der Waals surface area contributed by atoms with Crippen LogP contribution in [-0.2, 0) is 0 Å². The largest absolute Gasteiger partial charge is 0.397 e. The number of amides is 1. The lowest BCUT2D eigenvalue weighted by Gasteiger charge is -2.23. The molecule has 0 aliphatic carbocycles. The lowest BCUT2D eigenvalue weighted by molar-refractivity contribution is 0.102. The minimum absolute atomic E-state index is 0.104. The van der Waals surface area contributed by atoms with E-state index in [-0.39, 0.29) is 23.5 Å². The molecule has 0 saturated carbocycles. The number of carbonyl (C=O) groups excluding carboxylic acids is 2. The van der Waals surface area contributed by atoms with Gasteiger partial charge in [-0.05, 0) is 42.8 Å². The van der Waals surface area contributed by atoms with Crippen LogP contribution >= 0.6 is 0 Å². The standard InChI is InChI=1S/C20H21F3N4O2/c21-13-5-6-27(10-13)18-8-17(25-9-19(22)23)16(24)7-15(18)20(29)26-14-3-1-12(11-28)2-4-14/h1-4,7-8,11,13,19,25H,5-6,9-10,24H2,(H,26,29)/t13-/m1/s1. The van der Waals surface area contributed by atoms with Crippen molar-refractivity contribution in [1.82, 2.24) is 0 Å². The van der Waals surface area contributed by atoms with E-state index in [0.29, 0.717) is 36.2 Å². The van der Waals surface area contributed by atoms with E-state index >= 15 is 0 Å². The molecule has 1 aliphatic heterocycles. The molecule has 1 atom stereocenters. The van der Waals surface area contributed by atoms with Crippen molar-refractivity contribution in [3.05, 3.63) is 47.5 Å². The fourth-order valence-electron chi connectivity index (χ4n) is 3.17. The number of rotatable bonds is 7. The maximum atomic E-state index is 13.7. The first-order valence-corrected chi connectivity index (χ1v) is 9.08. The van der Waals surface area contributed by atoms with Crippen LogP contribution in [0, 0.1) is 0 Å². The van der Waals surface area contributed by atoms with E-state index in [4.69, 9.17) is 5.73 Å². The Bertz CT molecular complexity index is 890. The highest BCUT2D eigenvalue weighted by Crippen LogP contribution is 2.33. The van der Waals surface area contributed by atoms with Crippen LogP contribution in [0.3, 0.4) is 0 Å². The van der Waals surface area contributed by atoms with Gasteiger partial charge in [0.15, 0.2) is 0 Å². The number of nitrogens with zero attached hydrogens (tertiary/aromatic N) is 1. The van der Waals surface area contributed by atoms with Crippen LogP contribution < -0.4 is 21.3 Å². The highest BCUT2D eigenvalue weighted by atomic mass is 19.3. The lowest BCUT2D eigenvalue weighted by Crippen LogP contribution is -2.25. The van der Waals surface area contributed by atoms with Gasteiger partial charge in [0.2, 0.25) is 0 Å². The summed E-state index contributed by atoms with van der Waals surface area (Å²) in [6, 6.07) is 9.17. The molecule has 1 heterocycles. The third-order valence-electron chi connectivity index (χ3n) is 4.64. The first-order chi connectivity index (χ1) is 13.9. The predicted octanol–water partition coefficient (Wildman–Crippen LogP) is 3.56. The molecule has 0 aromatic heterocycles. The van der Waals surface area contributed by atoms with Crippen LogP contribution in [0.1, 0.15) is 27.1 Å². The van der Waals surface area contributed by atoms with Crippen molar-refractivity contribution in [2.45, 2.75) is 19.0 Å². The number of nitrogens with one attached hydrogen (secondary N) is 2. The summed E-state index contributed by atoms with van der Waals surface area (Å²) < 4.78 is 38.9. The zero-order valence-electron chi connectivity index (χ0n) is 15.5. The summed E-state index contributed by atoms with van der Waals surface area (Å²) in [7, 11) is 0. The SMILES string of the molecule is Nc1cc(C(=O)Nc2ccc(C=O)cc2)c(N2CC[C@@H](F)C2)cc1NCC(F)F. The lowest BCUT2D eigenvalue weighted by atomic mass is 10.1. The number of benzene rings is 2. The second-order valence-corrected chi connectivity index (χ2v) is 6.75. The number of nitrogen functional groups attached to an aromatic ring is 1. The first kappa shape index (κ1) is 20.5. The van der Waals surface area contributed by atoms with E-state index in [1.54, 1.807) is 29.2 Å². The summed E-state index contributed by atoms with van der Waals surface area (Å²) in [6.45, 7) is -0.0931. The maximum absolute atomic E-state index is 13.7. The van der Waals surface area contributed by atoms with E-state index in [1.807, 2.05) is 0 Å². The predicted molar refractivity (Wildman–Crippen MR) is 107 cm³/mol. The van der Waals surface area contributed by atoms with Crippen LogP contribution in [0.2, 0.25) is 0 Å². The minimum atomic E-state index is -2.57. The molecular weight excluding hydrogens is 385 g/mol. The maximum Gasteiger partial charge on any atom is 0.257 e. The number of carbonyl (C=O) groups is 2. The van der Waals surface area contributed by atoms with Gasteiger partial charge >= 0.3 is 0 Å². The molecule has 0 spiro atoms. The molecule has 1 aliphatic rings. The van der Waals surface area contributed by atoms with Crippen molar-refractivity contribution in [3.8, 4) is 0 Å². The van der Waals surface area contributed by atoms with E-state index in [9.17, 15) is 22.8 Å². The fraction of sp³-hybridized carbons (Fsp3) is 0.300. The quantitative estimate of drug-likeness (QED) is 0.484. The smallest absolute Gasteiger partial charge is 0.257 e. The van der Waals surface area contributed by atoms with Gasteiger partial charge < -0.3 is 21.3 Å². The van der Waals surface area contributed by atoms with E-state index in [1.165, 1.54) is 12.1 Å². The third-order valence-corrected chi connectivity index (χ3v) is 4.64. The molecule has 0 radical (unpaired) electrons. The molecule has 154 valence electrons. The Morgan fingerprint density at radius 3 is 2.59 bits per heavy atom. The van der Waals surface area contributed by atoms with Crippen LogP contribution in [0.5, 0.6) is 0 Å². The highest BCUT2D eigenvalue weighted by molar-refractivity contribution is 6.09. The molecule has 3 rings (SSSR count). The normalized spacial score (nSPS) is 16.1. The van der Waals surface area contributed by atoms with Gasteiger partial charge in [0.25, 0.3) is 12.3 Å². The van der Waals surface area contributed by atoms with Gasteiger partial charge in [-0.15, -0.1) is 0 Å². The number of hydrogen-bond acceptors (Lipinski definition) is 5. The second-order valence-electron chi connectivity index (χ2n) is 6.75. The summed E-state index contributed by atoms with van der Waals surface area (Å²) in [6.07, 6.45) is -2.59. The van der Waals surface area contributed by atoms with Gasteiger partial charge in [-0.1, -0.05) is 0 Å². The van der Waals surface area contributed by atoms with E-state index < -0.39 is 25.0 Å². The molecule has 0 unspecified atom stereocenters. The van der Waals surface area contributed by atoms with Crippen LogP contribution in [0.15, 0.2) is 36.4 Å². The summed E-state index contributed by atoms with van der Waals surface area (Å²) in [5.74, 6) is -0.478. The Kier molecular flexibility index (Phi) is 6.26. The number of alkyl halides is 3. The van der Waals surface area contributed by atoms with Gasteiger partial charge in [-0.2, -0.15) is 0 Å². The average Bonchev–Trinajstić information content (AvgIpc) is 3.13. The molecule has 1 fully saturated rings. The number of halogens is 3. The van der Waals surface area contributed by atoms with Crippen LogP contribution in [0.4, 0.5) is 35.9 Å². The molecule has 2 aromatic rings. The van der Waals surface area contributed by atoms with Crippen molar-refractivity contribution in [2.75, 3.05) is 40.9 Å². The van der Waals surface area contributed by atoms with Crippen LogP contribution in [-0.4, -0.2) is 44.4 Å². The molecular formula is C20H21F3N4O2. The van der Waals surface area contributed by atoms with Gasteiger partial charge in [0, 0.05) is 24.3 Å². The number of aldehydes is 1. The molecule has 9 heteroatoms. The molecule has 1 saturated heterocycles. The van der Waals surface area contributed by atoms with Gasteiger partial charge in [0.1, 0.15) is 12.5 Å². The topological polar surface area (TPSA) is 87.5 Å². The Labute approximate surface area is 165 Å². The Morgan fingerprint density at radius 1 is 1.28 bits per heavy atom. The molecule has 1 amide bonds. The fourth-order valence-corrected chi connectivity index (χ4v) is 3.17. The number of hydrogen-bond donors (Lipinski definition) is 3. The van der Waals surface area contributed by atoms with Gasteiger partial charge in [-0.3, -0.25) is 9.59 Å². The molecule has 29 heavy (non-hydrogen) atoms. The Morgan fingerprint density at radius 2 is 2.00 bits per heavy atom. The zero-order chi connectivity index (χ0) is 21.0. The minimum Gasteiger partial charge on any atom is -0.397 e. The van der Waals surface area contributed by atoms with Crippen molar-refractivity contribution in [1.29, 1.82) is 0 Å². The summed E-state index contributed by atoms with van der Waals surface area (Å²) in [4.78, 5) is 25.3. The van der Waals surface area contributed by atoms with E-state index in [2.05, 4.69) is 10.6 Å². The summed E-state index contributed by atoms with van der Waals surface area (Å²) in [5, 5.41) is 5.27. The molecule has 6 nitrogen and oxygen atoms in total. The molecule has 2 aromatic carbocycles. The summed E-state index contributed by atoms with van der Waals surface area (Å²) in [5.41, 5.74) is 7.90. The van der Waals surface area contributed by atoms with E-state index in [0.717, 1.165) is 0 Å². The number of nitrogens with two attached hydrogens (primary N) is 1. The van der Waals surface area contributed by atoms with Crippen molar-refractivity contribution >= 4 is 34.9 Å². The number of anilines is 4. The zero-order valence-corrected chi connectivity index (χ0v) is 15.5. The molecule has 0 bridgehead atoms. The van der Waals surface area contributed by atoms with Crippen molar-refractivity contribution < 1.29 is 22.8 Å². The molecule has 4 N–H and O–H groups in total.